The molecule has 1 aromatic carbocycles. The van der Waals surface area contributed by atoms with E-state index in [9.17, 15) is 4.79 Å². The van der Waals surface area contributed by atoms with Crippen molar-refractivity contribution in [3.8, 4) is 11.1 Å². The molecular weight excluding hydrogens is 316 g/mol. The Morgan fingerprint density at radius 2 is 1.88 bits per heavy atom. The Balaban J connectivity index is 2.14. The molecule has 4 N–H and O–H groups in total. The molecule has 7 nitrogen and oxygen atoms in total. The molecule has 0 bridgehead atoms. The van der Waals surface area contributed by atoms with Crippen molar-refractivity contribution in [2.75, 3.05) is 11.9 Å². The van der Waals surface area contributed by atoms with Gasteiger partial charge in [-0.25, -0.2) is 15.8 Å². The summed E-state index contributed by atoms with van der Waals surface area (Å²) in [4.78, 5) is 22.9. The Morgan fingerprint density at radius 1 is 1.24 bits per heavy atom. The predicted octanol–water partition coefficient (Wildman–Crippen LogP) is 1.64. The van der Waals surface area contributed by atoms with Crippen molar-refractivity contribution >= 4 is 11.6 Å². The largest absolute Gasteiger partial charge is 0.383 e. The molecule has 0 atom stereocenters. The van der Waals surface area contributed by atoms with Crippen LogP contribution in [0, 0.1) is 6.92 Å². The van der Waals surface area contributed by atoms with Crippen molar-refractivity contribution in [3.63, 3.8) is 0 Å². The summed E-state index contributed by atoms with van der Waals surface area (Å²) < 4.78 is 0. The molecule has 1 aromatic heterocycles. The number of fused-ring (bicyclic) bond motifs is 1. The van der Waals surface area contributed by atoms with Gasteiger partial charge in [-0.15, -0.1) is 0 Å². The molecule has 1 aliphatic rings. The molecular formula is C18H22N6O. The highest BCUT2D eigenvalue weighted by molar-refractivity contribution is 6.10. The molecule has 2 aromatic rings. The molecule has 0 spiro atoms. The fourth-order valence-electron chi connectivity index (χ4n) is 2.99. The minimum absolute atomic E-state index is 0.0876. The lowest BCUT2D eigenvalue weighted by molar-refractivity contribution is -0.121. The zero-order chi connectivity index (χ0) is 18.4. The first-order valence-electron chi connectivity index (χ1n) is 7.94. The quantitative estimate of drug-likeness (QED) is 0.652. The summed E-state index contributed by atoms with van der Waals surface area (Å²) in [6, 6.07) is 5.87. The second-order valence-corrected chi connectivity index (χ2v) is 6.74. The van der Waals surface area contributed by atoms with Gasteiger partial charge in [0.2, 0.25) is 5.91 Å². The van der Waals surface area contributed by atoms with Crippen molar-refractivity contribution in [2.24, 2.45) is 11.6 Å². The standard InChI is InChI=1S/C18H22N6O/c1-11-21-8-13(9-22-11)12-5-6-14-15(7-12)24(16(19)10-23(4)20)17(25)18(14,2)3/h5-10H,19-20H2,1-4H3/b16-10+. The molecule has 0 saturated carbocycles. The Bertz CT molecular complexity index is 854. The third kappa shape index (κ3) is 2.83. The maximum absolute atomic E-state index is 12.9. The van der Waals surface area contributed by atoms with E-state index in [2.05, 4.69) is 9.97 Å². The number of hydrogen-bond acceptors (Lipinski definition) is 6. The lowest BCUT2D eigenvalue weighted by atomic mass is 9.85. The zero-order valence-electron chi connectivity index (χ0n) is 14.8. The summed E-state index contributed by atoms with van der Waals surface area (Å²) in [7, 11) is 1.65. The van der Waals surface area contributed by atoms with E-state index in [1.165, 1.54) is 16.1 Å². The van der Waals surface area contributed by atoms with Crippen molar-refractivity contribution < 1.29 is 4.79 Å². The normalized spacial score (nSPS) is 16.1. The SMILES string of the molecule is Cc1ncc(-c2ccc3c(c2)N(/C(N)=C/N(C)N)C(=O)C3(C)C)cn1. The van der Waals surface area contributed by atoms with Gasteiger partial charge in [0.15, 0.2) is 0 Å². The summed E-state index contributed by atoms with van der Waals surface area (Å²) in [6.45, 7) is 5.62. The summed E-state index contributed by atoms with van der Waals surface area (Å²) in [5, 5.41) is 1.32. The molecule has 0 saturated heterocycles. The predicted molar refractivity (Wildman–Crippen MR) is 96.9 cm³/mol. The number of aromatic nitrogens is 2. The van der Waals surface area contributed by atoms with Gasteiger partial charge < -0.3 is 10.7 Å². The zero-order valence-corrected chi connectivity index (χ0v) is 14.8. The third-order valence-corrected chi connectivity index (χ3v) is 4.36. The minimum Gasteiger partial charge on any atom is -0.383 e. The van der Waals surface area contributed by atoms with Crippen LogP contribution in [0.1, 0.15) is 25.2 Å². The van der Waals surface area contributed by atoms with Crippen molar-refractivity contribution in [2.45, 2.75) is 26.2 Å². The van der Waals surface area contributed by atoms with Crippen LogP contribution in [0.3, 0.4) is 0 Å². The average Bonchev–Trinajstić information content (AvgIpc) is 2.74. The first kappa shape index (κ1) is 16.9. The number of benzene rings is 1. The molecule has 7 heteroatoms. The second-order valence-electron chi connectivity index (χ2n) is 6.74. The van der Waals surface area contributed by atoms with Crippen LogP contribution >= 0.6 is 0 Å². The lowest BCUT2D eigenvalue weighted by Gasteiger charge is -2.21. The van der Waals surface area contributed by atoms with Crippen LogP contribution in [-0.4, -0.2) is 27.9 Å². The van der Waals surface area contributed by atoms with E-state index in [4.69, 9.17) is 11.6 Å². The second kappa shape index (κ2) is 5.86. The number of hydrogen-bond donors (Lipinski definition) is 2. The number of hydrazine groups is 1. The smallest absolute Gasteiger partial charge is 0.242 e. The van der Waals surface area contributed by atoms with Gasteiger partial charge in [0.1, 0.15) is 11.6 Å². The summed E-state index contributed by atoms with van der Waals surface area (Å²) in [6.07, 6.45) is 5.05. The number of carbonyl (C=O) groups excluding carboxylic acids is 1. The average molecular weight is 338 g/mol. The molecule has 0 aliphatic carbocycles. The highest BCUT2D eigenvalue weighted by Gasteiger charge is 2.45. The van der Waals surface area contributed by atoms with Gasteiger partial charge in [0.25, 0.3) is 0 Å². The van der Waals surface area contributed by atoms with Crippen molar-refractivity contribution in [1.82, 2.24) is 15.0 Å². The van der Waals surface area contributed by atoms with Gasteiger partial charge >= 0.3 is 0 Å². The highest BCUT2D eigenvalue weighted by Crippen LogP contribution is 2.44. The highest BCUT2D eigenvalue weighted by atomic mass is 16.2. The third-order valence-electron chi connectivity index (χ3n) is 4.36. The number of carbonyl (C=O) groups is 1. The van der Waals surface area contributed by atoms with Gasteiger partial charge in [-0.3, -0.25) is 9.69 Å². The number of aryl methyl sites for hydroxylation is 1. The fourth-order valence-corrected chi connectivity index (χ4v) is 2.99. The monoisotopic (exact) mass is 338 g/mol. The summed E-state index contributed by atoms with van der Waals surface area (Å²) in [5.41, 5.74) is 8.94. The molecule has 3 rings (SSSR count). The molecule has 0 radical (unpaired) electrons. The van der Waals surface area contributed by atoms with E-state index >= 15 is 0 Å². The van der Waals surface area contributed by atoms with E-state index in [0.717, 1.165) is 22.4 Å². The van der Waals surface area contributed by atoms with Gasteiger partial charge in [0, 0.05) is 25.0 Å². The van der Waals surface area contributed by atoms with E-state index in [1.54, 1.807) is 19.4 Å². The van der Waals surface area contributed by atoms with Crippen molar-refractivity contribution in [1.29, 1.82) is 0 Å². The summed E-state index contributed by atoms with van der Waals surface area (Å²) in [5.74, 6) is 6.55. The topological polar surface area (TPSA) is 101 Å². The number of rotatable bonds is 3. The van der Waals surface area contributed by atoms with Crippen molar-refractivity contribution in [3.05, 3.63) is 54.0 Å². The molecule has 2 heterocycles. The van der Waals surface area contributed by atoms with Crippen LogP contribution in [0.2, 0.25) is 0 Å². The summed E-state index contributed by atoms with van der Waals surface area (Å²) >= 11 is 0. The lowest BCUT2D eigenvalue weighted by Crippen LogP contribution is -2.39. The van der Waals surface area contributed by atoms with Crippen LogP contribution in [-0.2, 0) is 10.2 Å². The number of nitrogens with zero attached hydrogens (tertiary/aromatic N) is 4. The van der Waals surface area contributed by atoms with Crippen LogP contribution < -0.4 is 16.5 Å². The minimum atomic E-state index is -0.663. The van der Waals surface area contributed by atoms with E-state index < -0.39 is 5.41 Å². The first-order chi connectivity index (χ1) is 11.7. The fraction of sp³-hybridized carbons (Fsp3) is 0.278. The van der Waals surface area contributed by atoms with E-state index in [0.29, 0.717) is 5.82 Å². The van der Waals surface area contributed by atoms with Crippen LogP contribution in [0.5, 0.6) is 0 Å². The Morgan fingerprint density at radius 3 is 2.48 bits per heavy atom. The molecule has 130 valence electrons. The first-order valence-corrected chi connectivity index (χ1v) is 7.94. The Kier molecular flexibility index (Phi) is 3.96. The maximum Gasteiger partial charge on any atom is 0.242 e. The molecule has 25 heavy (non-hydrogen) atoms. The van der Waals surface area contributed by atoms with Gasteiger partial charge in [-0.05, 0) is 38.0 Å². The molecule has 1 aliphatic heterocycles. The van der Waals surface area contributed by atoms with Crippen LogP contribution in [0.15, 0.2) is 42.6 Å². The van der Waals surface area contributed by atoms with Gasteiger partial charge in [-0.2, -0.15) is 0 Å². The molecule has 0 fully saturated rings. The van der Waals surface area contributed by atoms with Gasteiger partial charge in [0.05, 0.1) is 17.3 Å². The maximum atomic E-state index is 12.9. The van der Waals surface area contributed by atoms with Crippen LogP contribution in [0.25, 0.3) is 11.1 Å². The number of amides is 1. The molecule has 0 unspecified atom stereocenters. The number of anilines is 1. The van der Waals surface area contributed by atoms with Crippen LogP contribution in [0.4, 0.5) is 5.69 Å². The molecule has 1 amide bonds. The Hall–Kier alpha value is -2.93. The Labute approximate surface area is 146 Å². The van der Waals surface area contributed by atoms with E-state index in [-0.39, 0.29) is 11.7 Å². The van der Waals surface area contributed by atoms with E-state index in [1.807, 2.05) is 39.0 Å². The van der Waals surface area contributed by atoms with Gasteiger partial charge in [-0.1, -0.05) is 12.1 Å². The number of nitrogens with two attached hydrogens (primary N) is 2.